The van der Waals surface area contributed by atoms with E-state index in [0.29, 0.717) is 38.7 Å². The normalized spacial score (nSPS) is 10.3. The summed E-state index contributed by atoms with van der Waals surface area (Å²) in [6.45, 7) is 2.62. The van der Waals surface area contributed by atoms with Crippen molar-refractivity contribution in [2.24, 2.45) is 0 Å². The molecule has 2 rings (SSSR count). The number of hydrogen-bond acceptors (Lipinski definition) is 3. The van der Waals surface area contributed by atoms with E-state index in [1.54, 1.807) is 24.3 Å². The van der Waals surface area contributed by atoms with Crippen molar-refractivity contribution in [3.8, 4) is 0 Å². The largest absolute Gasteiger partial charge is 0.369 e. The maximum atomic E-state index is 12.2. The van der Waals surface area contributed by atoms with Gasteiger partial charge in [0, 0.05) is 17.8 Å². The second-order valence-corrected chi connectivity index (χ2v) is 5.41. The second kappa shape index (κ2) is 6.98. The van der Waals surface area contributed by atoms with E-state index in [-0.39, 0.29) is 5.91 Å². The highest BCUT2D eigenvalue weighted by atomic mass is 35.5. The Morgan fingerprint density at radius 3 is 2.57 bits per heavy atom. The number of benzene rings is 1. The fourth-order valence-corrected chi connectivity index (χ4v) is 2.33. The number of halogens is 3. The zero-order valence-electron chi connectivity index (χ0n) is 11.1. The van der Waals surface area contributed by atoms with Gasteiger partial charge in [-0.15, -0.1) is 0 Å². The third-order valence-corrected chi connectivity index (χ3v) is 3.46. The monoisotopic (exact) mass is 343 g/mol. The Hall–Kier alpha value is -1.49. The van der Waals surface area contributed by atoms with Crippen LogP contribution in [-0.2, 0) is 0 Å². The van der Waals surface area contributed by atoms with Crippen LogP contribution in [0, 0.1) is 0 Å². The lowest BCUT2D eigenvalue weighted by Crippen LogP contribution is -2.13. The van der Waals surface area contributed by atoms with Gasteiger partial charge in [-0.3, -0.25) is 4.79 Å². The number of nitrogens with zero attached hydrogens (tertiary/aromatic N) is 1. The van der Waals surface area contributed by atoms with Crippen LogP contribution in [0.2, 0.25) is 15.1 Å². The number of aromatic nitrogens is 1. The highest BCUT2D eigenvalue weighted by Gasteiger charge is 2.11. The molecule has 21 heavy (non-hydrogen) atoms. The molecule has 0 atom stereocenters. The van der Waals surface area contributed by atoms with Gasteiger partial charge in [0.05, 0.1) is 21.3 Å². The summed E-state index contributed by atoms with van der Waals surface area (Å²) in [6, 6.07) is 6.37. The topological polar surface area (TPSA) is 54.0 Å². The summed E-state index contributed by atoms with van der Waals surface area (Å²) < 4.78 is 0. The molecule has 0 radical (unpaired) electrons. The van der Waals surface area contributed by atoms with Crippen molar-refractivity contribution in [2.45, 2.75) is 6.92 Å². The van der Waals surface area contributed by atoms with Crippen LogP contribution >= 0.6 is 34.8 Å². The third-order valence-electron chi connectivity index (χ3n) is 2.63. The molecule has 2 aromatic rings. The maximum Gasteiger partial charge on any atom is 0.257 e. The minimum Gasteiger partial charge on any atom is -0.369 e. The number of amides is 1. The first kappa shape index (κ1) is 15.9. The number of hydrogen-bond donors (Lipinski definition) is 2. The van der Waals surface area contributed by atoms with E-state index in [1.165, 1.54) is 6.20 Å². The molecule has 0 bridgehead atoms. The lowest BCUT2D eigenvalue weighted by molar-refractivity contribution is 0.102. The molecule has 0 saturated heterocycles. The van der Waals surface area contributed by atoms with E-state index < -0.39 is 0 Å². The van der Waals surface area contributed by atoms with Gasteiger partial charge < -0.3 is 10.6 Å². The molecule has 2 N–H and O–H groups in total. The van der Waals surface area contributed by atoms with Crippen molar-refractivity contribution in [2.75, 3.05) is 17.2 Å². The Labute approximate surface area is 137 Å². The van der Waals surface area contributed by atoms with Crippen LogP contribution in [0.3, 0.4) is 0 Å². The van der Waals surface area contributed by atoms with Crippen LogP contribution in [0.4, 0.5) is 11.5 Å². The summed E-state index contributed by atoms with van der Waals surface area (Å²) in [7, 11) is 0. The molecule has 0 aliphatic heterocycles. The third kappa shape index (κ3) is 4.00. The van der Waals surface area contributed by atoms with E-state index in [4.69, 9.17) is 34.8 Å². The highest BCUT2D eigenvalue weighted by molar-refractivity contribution is 6.37. The van der Waals surface area contributed by atoms with Gasteiger partial charge in [-0.2, -0.15) is 0 Å². The van der Waals surface area contributed by atoms with Gasteiger partial charge in [0.1, 0.15) is 5.82 Å². The van der Waals surface area contributed by atoms with Crippen molar-refractivity contribution >= 4 is 52.2 Å². The molecule has 110 valence electrons. The standard InChI is InChI=1S/C14H12Cl3N3O/c1-2-18-13-11(17)5-8(7-19-13)14(21)20-12-4-3-9(15)6-10(12)16/h3-7H,2H2,1H3,(H,18,19)(H,20,21). The quantitative estimate of drug-likeness (QED) is 0.843. The molecule has 1 aromatic carbocycles. The average Bonchev–Trinajstić information content (AvgIpc) is 2.44. The number of rotatable bonds is 4. The van der Waals surface area contributed by atoms with Crippen molar-refractivity contribution in [3.63, 3.8) is 0 Å². The molecule has 1 aromatic heterocycles. The summed E-state index contributed by atoms with van der Waals surface area (Å²) >= 11 is 17.9. The zero-order valence-corrected chi connectivity index (χ0v) is 13.4. The van der Waals surface area contributed by atoms with Crippen molar-refractivity contribution in [1.82, 2.24) is 4.98 Å². The lowest BCUT2D eigenvalue weighted by Gasteiger charge is -2.09. The molecule has 1 amide bonds. The Morgan fingerprint density at radius 2 is 1.95 bits per heavy atom. The van der Waals surface area contributed by atoms with Gasteiger partial charge in [0.25, 0.3) is 5.91 Å². The first-order valence-corrected chi connectivity index (χ1v) is 7.30. The van der Waals surface area contributed by atoms with E-state index in [2.05, 4.69) is 15.6 Å². The Bertz CT molecular complexity index is 677. The van der Waals surface area contributed by atoms with Crippen molar-refractivity contribution < 1.29 is 4.79 Å². The first-order chi connectivity index (χ1) is 10.0. The van der Waals surface area contributed by atoms with Crippen LogP contribution < -0.4 is 10.6 Å². The Kier molecular flexibility index (Phi) is 5.28. The molecular formula is C14H12Cl3N3O. The lowest BCUT2D eigenvalue weighted by atomic mass is 10.2. The van der Waals surface area contributed by atoms with Crippen LogP contribution in [0.15, 0.2) is 30.5 Å². The highest BCUT2D eigenvalue weighted by Crippen LogP contribution is 2.26. The maximum absolute atomic E-state index is 12.2. The molecule has 0 saturated carbocycles. The van der Waals surface area contributed by atoms with E-state index >= 15 is 0 Å². The number of anilines is 2. The smallest absolute Gasteiger partial charge is 0.257 e. The van der Waals surface area contributed by atoms with Gasteiger partial charge in [0.15, 0.2) is 0 Å². The summed E-state index contributed by atoms with van der Waals surface area (Å²) in [5, 5.41) is 6.92. The summed E-state index contributed by atoms with van der Waals surface area (Å²) in [6.07, 6.45) is 1.45. The molecule has 1 heterocycles. The van der Waals surface area contributed by atoms with Gasteiger partial charge >= 0.3 is 0 Å². The number of pyridine rings is 1. The molecule has 0 fully saturated rings. The van der Waals surface area contributed by atoms with E-state index in [0.717, 1.165) is 0 Å². The summed E-state index contributed by atoms with van der Waals surface area (Å²) in [5.74, 6) is 0.192. The minimum absolute atomic E-state index is 0.340. The molecule has 0 spiro atoms. The Balaban J connectivity index is 2.18. The zero-order chi connectivity index (χ0) is 15.4. The number of carbonyl (C=O) groups is 1. The predicted molar refractivity (Wildman–Crippen MR) is 87.8 cm³/mol. The molecule has 7 heteroatoms. The number of nitrogens with one attached hydrogen (secondary N) is 2. The fourth-order valence-electron chi connectivity index (χ4n) is 1.64. The van der Waals surface area contributed by atoms with Crippen molar-refractivity contribution in [1.29, 1.82) is 0 Å². The molecule has 0 aliphatic rings. The minimum atomic E-state index is -0.350. The number of carbonyl (C=O) groups excluding carboxylic acids is 1. The van der Waals surface area contributed by atoms with Crippen LogP contribution in [-0.4, -0.2) is 17.4 Å². The van der Waals surface area contributed by atoms with Gasteiger partial charge in [0.2, 0.25) is 0 Å². The first-order valence-electron chi connectivity index (χ1n) is 6.17. The molecule has 0 aliphatic carbocycles. The van der Waals surface area contributed by atoms with Gasteiger partial charge in [-0.1, -0.05) is 34.8 Å². The predicted octanol–water partition coefficient (Wildman–Crippen LogP) is 4.73. The summed E-state index contributed by atoms with van der Waals surface area (Å²) in [5.41, 5.74) is 0.811. The van der Waals surface area contributed by atoms with Gasteiger partial charge in [-0.25, -0.2) is 4.98 Å². The van der Waals surface area contributed by atoms with Crippen molar-refractivity contribution in [3.05, 3.63) is 51.1 Å². The molecule has 0 unspecified atom stereocenters. The SMILES string of the molecule is CCNc1ncc(C(=O)Nc2ccc(Cl)cc2Cl)cc1Cl. The fraction of sp³-hybridized carbons (Fsp3) is 0.143. The van der Waals surface area contributed by atoms with E-state index in [1.807, 2.05) is 6.92 Å². The van der Waals surface area contributed by atoms with Crippen LogP contribution in [0.1, 0.15) is 17.3 Å². The second-order valence-electron chi connectivity index (χ2n) is 4.16. The Morgan fingerprint density at radius 1 is 1.19 bits per heavy atom. The van der Waals surface area contributed by atoms with Gasteiger partial charge in [-0.05, 0) is 31.2 Å². The molecular weight excluding hydrogens is 333 g/mol. The molecule has 4 nitrogen and oxygen atoms in total. The van der Waals surface area contributed by atoms with E-state index in [9.17, 15) is 4.79 Å². The average molecular weight is 345 g/mol. The van der Waals surface area contributed by atoms with Crippen LogP contribution in [0.5, 0.6) is 0 Å². The summed E-state index contributed by atoms with van der Waals surface area (Å²) in [4.78, 5) is 16.3. The van der Waals surface area contributed by atoms with Crippen LogP contribution in [0.25, 0.3) is 0 Å².